The van der Waals surface area contributed by atoms with Crippen LogP contribution in [0.4, 0.5) is 4.79 Å². The average molecular weight is 464 g/mol. The van der Waals surface area contributed by atoms with Gasteiger partial charge in [0.1, 0.15) is 5.34 Å². The van der Waals surface area contributed by atoms with E-state index in [1.807, 2.05) is 0 Å². The monoisotopic (exact) mass is 464 g/mol. The highest BCUT2D eigenvalue weighted by molar-refractivity contribution is 7.25. The van der Waals surface area contributed by atoms with Crippen LogP contribution in [0.3, 0.4) is 0 Å². The Labute approximate surface area is 182 Å². The minimum atomic E-state index is -1.85. The van der Waals surface area contributed by atoms with Crippen LogP contribution in [-0.2, 0) is 28.4 Å². The van der Waals surface area contributed by atoms with Crippen molar-refractivity contribution in [3.63, 3.8) is 0 Å². The average Bonchev–Trinajstić information content (AvgIpc) is 3.16. The molecular weight excluding hydrogens is 431 g/mol. The molecule has 178 valence electrons. The van der Waals surface area contributed by atoms with Crippen molar-refractivity contribution in [2.75, 3.05) is 6.54 Å². The zero-order chi connectivity index (χ0) is 23.8. The van der Waals surface area contributed by atoms with E-state index in [1.54, 1.807) is 13.8 Å². The van der Waals surface area contributed by atoms with Gasteiger partial charge in [-0.1, -0.05) is 20.3 Å². The highest BCUT2D eigenvalue weighted by Gasteiger charge is 2.51. The molecule has 0 radical (unpaired) electrons. The number of carbonyl (C=O) groups excluding carboxylic acids is 3. The molecule has 31 heavy (non-hydrogen) atoms. The lowest BCUT2D eigenvalue weighted by molar-refractivity contribution is -0.169. The molecular formula is C19H33N2O9P. The molecule has 1 aliphatic carbocycles. The van der Waals surface area contributed by atoms with Crippen LogP contribution in [0.2, 0.25) is 0 Å². The molecule has 1 saturated carbocycles. The number of ether oxygens (including phenoxy) is 2. The van der Waals surface area contributed by atoms with Crippen LogP contribution in [0.25, 0.3) is 0 Å². The second-order valence-corrected chi connectivity index (χ2v) is 9.27. The van der Waals surface area contributed by atoms with Crippen LogP contribution in [-0.4, -0.2) is 58.9 Å². The van der Waals surface area contributed by atoms with Gasteiger partial charge in [-0.2, -0.15) is 0 Å². The van der Waals surface area contributed by atoms with Gasteiger partial charge in [0.15, 0.2) is 0 Å². The minimum absolute atomic E-state index is 0.118. The van der Waals surface area contributed by atoms with Gasteiger partial charge in [-0.15, -0.1) is 0 Å². The summed E-state index contributed by atoms with van der Waals surface area (Å²) >= 11 is 0. The van der Waals surface area contributed by atoms with Gasteiger partial charge < -0.3 is 34.9 Å². The molecule has 4 N–H and O–H groups in total. The zero-order valence-electron chi connectivity index (χ0n) is 18.2. The number of hydrogen-bond donors (Lipinski definition) is 4. The first-order valence-corrected chi connectivity index (χ1v) is 11.3. The number of alkyl carbamates (subject to hydrolysis) is 1. The van der Waals surface area contributed by atoms with Crippen LogP contribution in [0.15, 0.2) is 0 Å². The maximum Gasteiger partial charge on any atom is 0.410 e. The molecule has 2 amide bonds. The summed E-state index contributed by atoms with van der Waals surface area (Å²) in [5.74, 6) is -4.26. The molecule has 0 saturated heterocycles. The van der Waals surface area contributed by atoms with Gasteiger partial charge in [0.2, 0.25) is 12.7 Å². The molecule has 1 rings (SSSR count). The number of aliphatic hydroxyl groups is 1. The molecule has 7 unspecified atom stereocenters. The number of rotatable bonds is 12. The van der Waals surface area contributed by atoms with Gasteiger partial charge in [-0.25, -0.2) is 4.79 Å². The number of carbonyl (C=O) groups is 4. The number of aliphatic carboxylic acids is 1. The van der Waals surface area contributed by atoms with Gasteiger partial charge >= 0.3 is 18.0 Å². The molecule has 0 aromatic carbocycles. The third-order valence-electron chi connectivity index (χ3n) is 5.66. The third-order valence-corrected chi connectivity index (χ3v) is 6.97. The van der Waals surface area contributed by atoms with Gasteiger partial charge in [0.25, 0.3) is 0 Å². The predicted octanol–water partition coefficient (Wildman–Crippen LogP) is 0.954. The van der Waals surface area contributed by atoms with Gasteiger partial charge in [0, 0.05) is 13.5 Å². The molecule has 0 aromatic heterocycles. The van der Waals surface area contributed by atoms with E-state index < -0.39 is 67.8 Å². The Hall–Kier alpha value is -2.13. The Balaban J connectivity index is 2.89. The molecule has 1 aliphatic rings. The predicted molar refractivity (Wildman–Crippen MR) is 111 cm³/mol. The summed E-state index contributed by atoms with van der Waals surface area (Å²) in [5.41, 5.74) is 0. The molecule has 0 aliphatic heterocycles. The second kappa shape index (κ2) is 12.0. The summed E-state index contributed by atoms with van der Waals surface area (Å²) in [4.78, 5) is 46.1. The van der Waals surface area contributed by atoms with Crippen LogP contribution in [0, 0.1) is 23.7 Å². The Morgan fingerprint density at radius 2 is 1.84 bits per heavy atom. The molecule has 11 nitrogen and oxygen atoms in total. The second-order valence-electron chi connectivity index (χ2n) is 8.11. The fourth-order valence-electron chi connectivity index (χ4n) is 3.95. The molecule has 7 atom stereocenters. The van der Waals surface area contributed by atoms with Crippen molar-refractivity contribution in [1.82, 2.24) is 10.6 Å². The standard InChI is InChI=1S/C19H33N2O9P/c1-10(2)17(25)29-12(4)30-18(26)21-11(3)19(27,31-28)15-7-5-6-13(15)14(16(23)24)8-20-9-22/h9-15,27H,5-8,31H2,1-4H3,(H,20,22)(H,21,26)(H,23,24). The van der Waals surface area contributed by atoms with Gasteiger partial charge in [-0.05, 0) is 31.6 Å². The third kappa shape index (κ3) is 7.21. The van der Waals surface area contributed by atoms with E-state index in [0.717, 1.165) is 0 Å². The molecule has 0 bridgehead atoms. The largest absolute Gasteiger partial charge is 0.481 e. The SMILES string of the molecule is CC(OC(=O)NC(C)C(O)([PH2]=O)C1CCCC1C(CNC=O)C(=O)O)OC(=O)C(C)C. The van der Waals surface area contributed by atoms with Crippen molar-refractivity contribution in [3.8, 4) is 0 Å². The topological polar surface area (TPSA) is 168 Å². The van der Waals surface area contributed by atoms with E-state index in [0.29, 0.717) is 25.7 Å². The van der Waals surface area contributed by atoms with E-state index in [2.05, 4.69) is 10.6 Å². The lowest BCUT2D eigenvalue weighted by atomic mass is 9.78. The Kier molecular flexibility index (Phi) is 10.5. The molecule has 12 heteroatoms. The van der Waals surface area contributed by atoms with Crippen LogP contribution in [0.5, 0.6) is 0 Å². The highest BCUT2D eigenvalue weighted by Crippen LogP contribution is 2.48. The Bertz CT molecular complexity index is 675. The lowest BCUT2D eigenvalue weighted by Gasteiger charge is -2.39. The normalized spacial score (nSPS) is 23.5. The summed E-state index contributed by atoms with van der Waals surface area (Å²) in [6.07, 6.45) is -0.233. The van der Waals surface area contributed by atoms with Crippen molar-refractivity contribution in [2.45, 2.75) is 64.6 Å². The number of carboxylic acid groups (broad SMARTS) is 1. The molecule has 0 spiro atoms. The molecule has 0 heterocycles. The first-order valence-electron chi connectivity index (χ1n) is 10.2. The summed E-state index contributed by atoms with van der Waals surface area (Å²) in [6, 6.07) is -1.03. The zero-order valence-corrected chi connectivity index (χ0v) is 19.4. The van der Waals surface area contributed by atoms with Crippen molar-refractivity contribution in [1.29, 1.82) is 0 Å². The number of esters is 1. The summed E-state index contributed by atoms with van der Waals surface area (Å²) in [6.45, 7) is 5.95. The van der Waals surface area contributed by atoms with Gasteiger partial charge in [0.05, 0.1) is 26.3 Å². The minimum Gasteiger partial charge on any atom is -0.481 e. The molecule has 1 fully saturated rings. The lowest BCUT2D eigenvalue weighted by Crippen LogP contribution is -2.54. The van der Waals surface area contributed by atoms with E-state index in [4.69, 9.17) is 9.47 Å². The molecule has 0 aromatic rings. The highest BCUT2D eigenvalue weighted by atomic mass is 31.1. The number of amides is 2. The summed E-state index contributed by atoms with van der Waals surface area (Å²) in [5, 5.41) is 23.7. The van der Waals surface area contributed by atoms with E-state index >= 15 is 0 Å². The first kappa shape index (κ1) is 26.9. The van der Waals surface area contributed by atoms with E-state index in [-0.39, 0.29) is 6.54 Å². The van der Waals surface area contributed by atoms with Crippen molar-refractivity contribution in [3.05, 3.63) is 0 Å². The maximum absolute atomic E-state index is 12.2. The summed E-state index contributed by atoms with van der Waals surface area (Å²) in [7, 11) is -1.82. The van der Waals surface area contributed by atoms with Crippen molar-refractivity contribution >= 4 is 32.9 Å². The van der Waals surface area contributed by atoms with Crippen LogP contribution >= 0.6 is 8.46 Å². The van der Waals surface area contributed by atoms with Crippen molar-refractivity contribution < 1.29 is 43.4 Å². The first-order chi connectivity index (χ1) is 14.5. The van der Waals surface area contributed by atoms with E-state index in [9.17, 15) is 34.0 Å². The summed E-state index contributed by atoms with van der Waals surface area (Å²) < 4.78 is 22.0. The fourth-order valence-corrected chi connectivity index (χ4v) is 4.83. The van der Waals surface area contributed by atoms with E-state index in [1.165, 1.54) is 13.8 Å². The number of nitrogens with one attached hydrogen (secondary N) is 2. The van der Waals surface area contributed by atoms with Crippen molar-refractivity contribution in [2.24, 2.45) is 23.7 Å². The number of hydrogen-bond acceptors (Lipinski definition) is 8. The van der Waals surface area contributed by atoms with Crippen LogP contribution in [0.1, 0.15) is 47.0 Å². The van der Waals surface area contributed by atoms with Crippen LogP contribution < -0.4 is 10.6 Å². The maximum atomic E-state index is 12.2. The quantitative estimate of drug-likeness (QED) is 0.142. The Morgan fingerprint density at radius 3 is 2.35 bits per heavy atom. The Morgan fingerprint density at radius 1 is 1.19 bits per heavy atom. The van der Waals surface area contributed by atoms with Gasteiger partial charge in [-0.3, -0.25) is 14.4 Å². The number of carboxylic acids is 1. The smallest absolute Gasteiger partial charge is 0.410 e. The fraction of sp³-hybridized carbons (Fsp3) is 0.789.